The van der Waals surface area contributed by atoms with Gasteiger partial charge in [-0.05, 0) is 19.1 Å². The number of carbonyl (C=O) groups excluding carboxylic acids is 1. The molecule has 1 amide bonds. The zero-order valence-corrected chi connectivity index (χ0v) is 11.6. The zero-order valence-electron chi connectivity index (χ0n) is 11.6. The molecule has 0 spiro atoms. The summed E-state index contributed by atoms with van der Waals surface area (Å²) < 4.78 is 1.73. The van der Waals surface area contributed by atoms with Crippen LogP contribution in [0.2, 0.25) is 0 Å². The Hall–Kier alpha value is -3.07. The molecular formula is C15H13N5O. The second-order valence-corrected chi connectivity index (χ2v) is 4.77. The lowest BCUT2D eigenvalue weighted by Gasteiger charge is -2.03. The van der Waals surface area contributed by atoms with Crippen LogP contribution in [0, 0.1) is 18.3 Å². The minimum absolute atomic E-state index is 0.300. The van der Waals surface area contributed by atoms with Gasteiger partial charge in [-0.25, -0.2) is 0 Å². The van der Waals surface area contributed by atoms with E-state index < -0.39 is 0 Å². The van der Waals surface area contributed by atoms with Gasteiger partial charge in [0.1, 0.15) is 11.8 Å². The maximum Gasteiger partial charge on any atom is 0.276 e. The Bertz CT molecular complexity index is 881. The molecule has 2 N–H and O–H groups in total. The van der Waals surface area contributed by atoms with Crippen LogP contribution in [0.3, 0.4) is 0 Å². The van der Waals surface area contributed by atoms with Crippen molar-refractivity contribution in [2.75, 3.05) is 5.32 Å². The van der Waals surface area contributed by atoms with Gasteiger partial charge in [-0.2, -0.15) is 10.4 Å². The number of nitriles is 1. The minimum Gasteiger partial charge on any atom is -0.338 e. The van der Waals surface area contributed by atoms with Crippen molar-refractivity contribution in [1.82, 2.24) is 14.8 Å². The number of rotatable bonds is 2. The number of para-hydroxylation sites is 1. The number of anilines is 1. The molecule has 21 heavy (non-hydrogen) atoms. The molecule has 3 rings (SSSR count). The number of H-pyrrole nitrogens is 1. The fourth-order valence-electron chi connectivity index (χ4n) is 2.25. The van der Waals surface area contributed by atoms with Crippen LogP contribution in [0.1, 0.15) is 21.9 Å². The largest absolute Gasteiger partial charge is 0.338 e. The second kappa shape index (κ2) is 4.80. The summed E-state index contributed by atoms with van der Waals surface area (Å²) in [6.45, 7) is 1.85. The highest BCUT2D eigenvalue weighted by molar-refractivity contribution is 6.11. The molecule has 0 unspecified atom stereocenters. The average molecular weight is 279 g/mol. The first-order chi connectivity index (χ1) is 10.1. The third-order valence-electron chi connectivity index (χ3n) is 3.58. The number of hydrogen-bond donors (Lipinski definition) is 2. The van der Waals surface area contributed by atoms with Gasteiger partial charge in [-0.15, -0.1) is 0 Å². The highest BCUT2D eigenvalue weighted by atomic mass is 16.1. The van der Waals surface area contributed by atoms with Crippen LogP contribution in [0.4, 0.5) is 5.69 Å². The molecule has 0 fully saturated rings. The maximum absolute atomic E-state index is 12.4. The van der Waals surface area contributed by atoms with Gasteiger partial charge in [-0.3, -0.25) is 9.89 Å². The first-order valence-electron chi connectivity index (χ1n) is 6.42. The summed E-state index contributed by atoms with van der Waals surface area (Å²) in [6, 6.07) is 11.2. The van der Waals surface area contributed by atoms with E-state index in [1.165, 1.54) is 0 Å². The Balaban J connectivity index is 1.96. The van der Waals surface area contributed by atoms with Crippen molar-refractivity contribution in [3.63, 3.8) is 0 Å². The molecule has 0 atom stereocenters. The lowest BCUT2D eigenvalue weighted by molar-refractivity contribution is 0.102. The zero-order chi connectivity index (χ0) is 15.0. The van der Waals surface area contributed by atoms with E-state index in [-0.39, 0.29) is 5.91 Å². The quantitative estimate of drug-likeness (QED) is 0.754. The number of nitrogens with one attached hydrogen (secondary N) is 2. The van der Waals surface area contributed by atoms with E-state index >= 15 is 0 Å². The van der Waals surface area contributed by atoms with Crippen LogP contribution in [0.15, 0.2) is 30.3 Å². The van der Waals surface area contributed by atoms with Gasteiger partial charge < -0.3 is 9.88 Å². The smallest absolute Gasteiger partial charge is 0.276 e. The molecule has 0 aliphatic carbocycles. The number of nitrogens with zero attached hydrogens (tertiary/aromatic N) is 3. The van der Waals surface area contributed by atoms with Gasteiger partial charge >= 0.3 is 0 Å². The molecule has 6 nitrogen and oxygen atoms in total. The first kappa shape index (κ1) is 12.9. The van der Waals surface area contributed by atoms with Crippen LogP contribution >= 0.6 is 0 Å². The van der Waals surface area contributed by atoms with E-state index in [1.807, 2.05) is 31.2 Å². The van der Waals surface area contributed by atoms with E-state index in [4.69, 9.17) is 5.26 Å². The summed E-state index contributed by atoms with van der Waals surface area (Å²) in [7, 11) is 1.79. The Morgan fingerprint density at radius 3 is 2.90 bits per heavy atom. The van der Waals surface area contributed by atoms with E-state index in [9.17, 15) is 4.79 Å². The summed E-state index contributed by atoms with van der Waals surface area (Å²) in [5.41, 5.74) is 3.08. The van der Waals surface area contributed by atoms with Crippen molar-refractivity contribution in [3.8, 4) is 6.07 Å². The number of benzene rings is 1. The normalized spacial score (nSPS) is 10.5. The highest BCUT2D eigenvalue weighted by Gasteiger charge is 2.17. The minimum atomic E-state index is -0.300. The predicted molar refractivity (Wildman–Crippen MR) is 78.9 cm³/mol. The van der Waals surface area contributed by atoms with Crippen LogP contribution in [-0.4, -0.2) is 20.7 Å². The summed E-state index contributed by atoms with van der Waals surface area (Å²) in [5.74, 6) is -0.300. The summed E-state index contributed by atoms with van der Waals surface area (Å²) >= 11 is 0. The molecule has 0 saturated carbocycles. The summed E-state index contributed by atoms with van der Waals surface area (Å²) in [4.78, 5) is 12.4. The monoisotopic (exact) mass is 279 g/mol. The van der Waals surface area contributed by atoms with Crippen LogP contribution < -0.4 is 5.32 Å². The molecule has 3 aromatic rings. The topological polar surface area (TPSA) is 86.5 Å². The number of carbonyl (C=O) groups is 1. The molecule has 0 aliphatic heterocycles. The lowest BCUT2D eigenvalue weighted by atomic mass is 10.2. The van der Waals surface area contributed by atoms with Crippen LogP contribution in [0.25, 0.3) is 10.9 Å². The SMILES string of the molecule is Cc1c(NC(=O)c2n[nH]c3ccccc23)cc(C#N)n1C. The van der Waals surface area contributed by atoms with E-state index in [0.29, 0.717) is 17.1 Å². The standard InChI is InChI=1S/C15H13N5O/c1-9-13(7-10(8-16)20(9)2)17-15(21)14-11-5-3-4-6-12(11)18-19-14/h3-7H,1-2H3,(H,17,21)(H,18,19). The number of aromatic amines is 1. The molecule has 6 heteroatoms. The molecular weight excluding hydrogens is 266 g/mol. The second-order valence-electron chi connectivity index (χ2n) is 4.77. The predicted octanol–water partition coefficient (Wildman–Crippen LogP) is 2.33. The first-order valence-corrected chi connectivity index (χ1v) is 6.42. The number of hydrogen-bond acceptors (Lipinski definition) is 3. The van der Waals surface area contributed by atoms with Crippen molar-refractivity contribution in [1.29, 1.82) is 5.26 Å². The van der Waals surface area contributed by atoms with Crippen molar-refractivity contribution in [2.24, 2.45) is 7.05 Å². The molecule has 2 heterocycles. The summed E-state index contributed by atoms with van der Waals surface area (Å²) in [5, 5.41) is 19.5. The van der Waals surface area contributed by atoms with Gasteiger partial charge in [0.2, 0.25) is 0 Å². The molecule has 0 saturated heterocycles. The number of amides is 1. The molecule has 2 aromatic heterocycles. The Morgan fingerprint density at radius 2 is 2.19 bits per heavy atom. The van der Waals surface area contributed by atoms with Gasteiger partial charge in [0.05, 0.1) is 11.2 Å². The van der Waals surface area contributed by atoms with Gasteiger partial charge in [0, 0.05) is 18.1 Å². The summed E-state index contributed by atoms with van der Waals surface area (Å²) in [6.07, 6.45) is 0. The third kappa shape index (κ3) is 2.05. The van der Waals surface area contributed by atoms with E-state index in [2.05, 4.69) is 21.6 Å². The molecule has 1 aromatic carbocycles. The fraction of sp³-hybridized carbons (Fsp3) is 0.133. The highest BCUT2D eigenvalue weighted by Crippen LogP contribution is 2.21. The van der Waals surface area contributed by atoms with E-state index in [0.717, 1.165) is 16.6 Å². The van der Waals surface area contributed by atoms with Crippen molar-refractivity contribution < 1.29 is 4.79 Å². The van der Waals surface area contributed by atoms with Crippen molar-refractivity contribution in [3.05, 3.63) is 47.4 Å². The molecule has 0 aliphatic rings. The van der Waals surface area contributed by atoms with Crippen molar-refractivity contribution in [2.45, 2.75) is 6.92 Å². The molecule has 0 radical (unpaired) electrons. The third-order valence-corrected chi connectivity index (χ3v) is 3.58. The van der Waals surface area contributed by atoms with Crippen molar-refractivity contribution >= 4 is 22.5 Å². The van der Waals surface area contributed by atoms with Crippen LogP contribution in [0.5, 0.6) is 0 Å². The number of fused-ring (bicyclic) bond motifs is 1. The average Bonchev–Trinajstić information content (AvgIpc) is 3.03. The van der Waals surface area contributed by atoms with Gasteiger partial charge in [0.15, 0.2) is 5.69 Å². The Morgan fingerprint density at radius 1 is 1.43 bits per heavy atom. The van der Waals surface area contributed by atoms with Gasteiger partial charge in [0.25, 0.3) is 5.91 Å². The lowest BCUT2D eigenvalue weighted by Crippen LogP contribution is -2.13. The van der Waals surface area contributed by atoms with Crippen LogP contribution in [-0.2, 0) is 7.05 Å². The van der Waals surface area contributed by atoms with Gasteiger partial charge in [-0.1, -0.05) is 18.2 Å². The molecule has 104 valence electrons. The maximum atomic E-state index is 12.4. The Labute approximate surface area is 121 Å². The Kier molecular flexibility index (Phi) is 2.95. The van der Waals surface area contributed by atoms with E-state index in [1.54, 1.807) is 17.7 Å². The fourth-order valence-corrected chi connectivity index (χ4v) is 2.25. The number of aromatic nitrogens is 3. The molecule has 0 bridgehead atoms.